The molecule has 0 radical (unpaired) electrons. The Morgan fingerprint density at radius 2 is 2.19 bits per heavy atom. The van der Waals surface area contributed by atoms with E-state index < -0.39 is 0 Å². The summed E-state index contributed by atoms with van der Waals surface area (Å²) in [6.45, 7) is 5.74. The molecule has 1 aromatic rings. The first-order chi connectivity index (χ1) is 7.61. The molecule has 0 bridgehead atoms. The Labute approximate surface area is 105 Å². The third-order valence-corrected chi connectivity index (χ3v) is 3.80. The second-order valence-electron chi connectivity index (χ2n) is 4.77. The number of benzene rings is 1. The highest BCUT2D eigenvalue weighted by Gasteiger charge is 2.27. The number of hydrogen-bond acceptors (Lipinski definition) is 2. The monoisotopic (exact) mass is 283 g/mol. The molecule has 88 valence electrons. The number of rotatable bonds is 2. The van der Waals surface area contributed by atoms with Crippen molar-refractivity contribution in [2.24, 2.45) is 5.92 Å². The molecule has 2 rings (SSSR count). The van der Waals surface area contributed by atoms with Gasteiger partial charge >= 0.3 is 0 Å². The van der Waals surface area contributed by atoms with Gasteiger partial charge in [0.1, 0.15) is 0 Å². The highest BCUT2D eigenvalue weighted by molar-refractivity contribution is 9.10. The first-order valence-electron chi connectivity index (χ1n) is 5.77. The Balaban J connectivity index is 2.32. The van der Waals surface area contributed by atoms with E-state index in [2.05, 4.69) is 40.7 Å². The lowest BCUT2D eigenvalue weighted by Gasteiger charge is -2.26. The highest BCUT2D eigenvalue weighted by atomic mass is 79.9. The number of nitrogens with zero attached hydrogens (tertiary/aromatic N) is 1. The largest absolute Gasteiger partial charge is 0.392 e. The Bertz CT molecular complexity index is 380. The second-order valence-corrected chi connectivity index (χ2v) is 5.69. The van der Waals surface area contributed by atoms with Crippen LogP contribution in [0.4, 0.5) is 5.69 Å². The van der Waals surface area contributed by atoms with Gasteiger partial charge < -0.3 is 10.0 Å². The van der Waals surface area contributed by atoms with Crippen LogP contribution in [0.1, 0.15) is 25.8 Å². The van der Waals surface area contributed by atoms with Crippen LogP contribution in [-0.4, -0.2) is 17.7 Å². The summed E-state index contributed by atoms with van der Waals surface area (Å²) in [4.78, 5) is 2.41. The first-order valence-corrected chi connectivity index (χ1v) is 6.57. The van der Waals surface area contributed by atoms with Gasteiger partial charge in [0, 0.05) is 28.3 Å². The number of hydrogen-bond donors (Lipinski definition) is 1. The van der Waals surface area contributed by atoms with Gasteiger partial charge in [0.2, 0.25) is 0 Å². The standard InChI is InChI=1S/C13H18BrNO/c1-9-5-10(2)15(7-9)13-4-3-12(14)6-11(13)8-16/h3-4,6,9-10,16H,5,7-8H2,1-2H3. The minimum atomic E-state index is 0.104. The van der Waals surface area contributed by atoms with Crippen LogP contribution in [0, 0.1) is 5.92 Å². The lowest BCUT2D eigenvalue weighted by atomic mass is 10.1. The topological polar surface area (TPSA) is 23.5 Å². The molecule has 1 heterocycles. The molecule has 1 aromatic carbocycles. The van der Waals surface area contributed by atoms with Crippen LogP contribution >= 0.6 is 15.9 Å². The average Bonchev–Trinajstić information content (AvgIpc) is 2.57. The molecule has 1 aliphatic heterocycles. The fraction of sp³-hybridized carbons (Fsp3) is 0.538. The van der Waals surface area contributed by atoms with Crippen molar-refractivity contribution in [3.05, 3.63) is 28.2 Å². The van der Waals surface area contributed by atoms with E-state index in [9.17, 15) is 5.11 Å². The SMILES string of the molecule is CC1CC(C)N(c2ccc(Br)cc2CO)C1. The fourth-order valence-corrected chi connectivity index (χ4v) is 3.01. The summed E-state index contributed by atoms with van der Waals surface area (Å²) in [5.41, 5.74) is 2.19. The van der Waals surface area contributed by atoms with Gasteiger partial charge in [-0.05, 0) is 37.5 Å². The van der Waals surface area contributed by atoms with E-state index in [0.717, 1.165) is 22.5 Å². The van der Waals surface area contributed by atoms with E-state index in [0.29, 0.717) is 6.04 Å². The molecule has 1 aliphatic rings. The van der Waals surface area contributed by atoms with Crippen molar-refractivity contribution in [2.45, 2.75) is 32.9 Å². The Kier molecular flexibility index (Phi) is 3.55. The van der Waals surface area contributed by atoms with Crippen molar-refractivity contribution in [3.8, 4) is 0 Å². The van der Waals surface area contributed by atoms with Crippen molar-refractivity contribution in [3.63, 3.8) is 0 Å². The quantitative estimate of drug-likeness (QED) is 0.901. The summed E-state index contributed by atoms with van der Waals surface area (Å²) in [5, 5.41) is 9.41. The van der Waals surface area contributed by atoms with Crippen LogP contribution < -0.4 is 4.90 Å². The summed E-state index contributed by atoms with van der Waals surface area (Å²) in [7, 11) is 0. The van der Waals surface area contributed by atoms with Crippen molar-refractivity contribution in [2.75, 3.05) is 11.4 Å². The van der Waals surface area contributed by atoms with Crippen molar-refractivity contribution in [1.82, 2.24) is 0 Å². The predicted molar refractivity (Wildman–Crippen MR) is 70.7 cm³/mol. The Hall–Kier alpha value is -0.540. The molecule has 0 amide bonds. The molecule has 1 saturated heterocycles. The van der Waals surface area contributed by atoms with E-state index in [1.807, 2.05) is 12.1 Å². The highest BCUT2D eigenvalue weighted by Crippen LogP contribution is 2.32. The second kappa shape index (κ2) is 4.76. The van der Waals surface area contributed by atoms with Gasteiger partial charge in [-0.25, -0.2) is 0 Å². The van der Waals surface area contributed by atoms with Gasteiger partial charge in [-0.15, -0.1) is 0 Å². The van der Waals surface area contributed by atoms with Crippen LogP contribution in [0.2, 0.25) is 0 Å². The summed E-state index contributed by atoms with van der Waals surface area (Å²) < 4.78 is 1.03. The van der Waals surface area contributed by atoms with E-state index >= 15 is 0 Å². The number of anilines is 1. The minimum Gasteiger partial charge on any atom is -0.392 e. The van der Waals surface area contributed by atoms with Gasteiger partial charge in [-0.1, -0.05) is 22.9 Å². The lowest BCUT2D eigenvalue weighted by Crippen LogP contribution is -2.27. The summed E-state index contributed by atoms with van der Waals surface area (Å²) >= 11 is 3.44. The molecular weight excluding hydrogens is 266 g/mol. The normalized spacial score (nSPS) is 25.1. The third kappa shape index (κ3) is 2.25. The number of aliphatic hydroxyl groups excluding tert-OH is 1. The summed E-state index contributed by atoms with van der Waals surface area (Å²) in [6.07, 6.45) is 1.24. The maximum atomic E-state index is 9.41. The van der Waals surface area contributed by atoms with Crippen LogP contribution in [-0.2, 0) is 6.61 Å². The molecule has 0 spiro atoms. The van der Waals surface area contributed by atoms with Gasteiger partial charge in [0.15, 0.2) is 0 Å². The van der Waals surface area contributed by atoms with Crippen molar-refractivity contribution < 1.29 is 5.11 Å². The van der Waals surface area contributed by atoms with E-state index in [-0.39, 0.29) is 6.61 Å². The molecule has 2 atom stereocenters. The van der Waals surface area contributed by atoms with E-state index in [1.165, 1.54) is 12.1 Å². The molecule has 0 aromatic heterocycles. The van der Waals surface area contributed by atoms with Crippen LogP contribution in [0.25, 0.3) is 0 Å². The molecule has 1 N–H and O–H groups in total. The molecule has 2 unspecified atom stereocenters. The zero-order valence-electron chi connectivity index (χ0n) is 9.78. The summed E-state index contributed by atoms with van der Waals surface area (Å²) in [5.74, 6) is 0.741. The fourth-order valence-electron chi connectivity index (χ4n) is 2.60. The zero-order chi connectivity index (χ0) is 11.7. The number of aliphatic hydroxyl groups is 1. The van der Waals surface area contributed by atoms with Crippen molar-refractivity contribution >= 4 is 21.6 Å². The smallest absolute Gasteiger partial charge is 0.0702 e. The minimum absolute atomic E-state index is 0.104. The molecule has 1 fully saturated rings. The molecule has 0 aliphatic carbocycles. The predicted octanol–water partition coefficient (Wildman–Crippen LogP) is 3.18. The van der Waals surface area contributed by atoms with Gasteiger partial charge in [-0.2, -0.15) is 0 Å². The number of halogens is 1. The van der Waals surface area contributed by atoms with E-state index in [4.69, 9.17) is 0 Å². The average molecular weight is 284 g/mol. The molecule has 3 heteroatoms. The van der Waals surface area contributed by atoms with Gasteiger partial charge in [0.25, 0.3) is 0 Å². The first kappa shape index (κ1) is 11.9. The lowest BCUT2D eigenvalue weighted by molar-refractivity contribution is 0.282. The van der Waals surface area contributed by atoms with Crippen molar-refractivity contribution in [1.29, 1.82) is 0 Å². The molecule has 2 nitrogen and oxygen atoms in total. The molecule has 0 saturated carbocycles. The molecular formula is C13H18BrNO. The van der Waals surface area contributed by atoms with Gasteiger partial charge in [-0.3, -0.25) is 0 Å². The molecule has 16 heavy (non-hydrogen) atoms. The van der Waals surface area contributed by atoms with E-state index in [1.54, 1.807) is 0 Å². The zero-order valence-corrected chi connectivity index (χ0v) is 11.4. The Morgan fingerprint density at radius 1 is 1.44 bits per heavy atom. The maximum Gasteiger partial charge on any atom is 0.0702 e. The Morgan fingerprint density at radius 3 is 2.75 bits per heavy atom. The van der Waals surface area contributed by atoms with Crippen LogP contribution in [0.5, 0.6) is 0 Å². The van der Waals surface area contributed by atoms with Crippen LogP contribution in [0.3, 0.4) is 0 Å². The summed E-state index contributed by atoms with van der Waals surface area (Å²) in [6, 6.07) is 6.72. The third-order valence-electron chi connectivity index (χ3n) is 3.31. The maximum absolute atomic E-state index is 9.41. The van der Waals surface area contributed by atoms with Crippen LogP contribution in [0.15, 0.2) is 22.7 Å². The van der Waals surface area contributed by atoms with Gasteiger partial charge in [0.05, 0.1) is 6.61 Å².